The summed E-state index contributed by atoms with van der Waals surface area (Å²) < 4.78 is 0. The van der Waals surface area contributed by atoms with Gasteiger partial charge in [-0.1, -0.05) is 34.8 Å². The number of aromatic hydroxyl groups is 1. The van der Waals surface area contributed by atoms with Gasteiger partial charge in [0.1, 0.15) is 5.75 Å². The van der Waals surface area contributed by atoms with Gasteiger partial charge in [0, 0.05) is 5.56 Å². The number of nitrogens with zero attached hydrogens (tertiary/aromatic N) is 1. The van der Waals surface area contributed by atoms with Crippen LogP contribution in [0, 0.1) is 6.92 Å². The molecule has 0 amide bonds. The van der Waals surface area contributed by atoms with Crippen LogP contribution in [0.2, 0.25) is 15.1 Å². The highest BCUT2D eigenvalue weighted by Gasteiger charge is 2.10. The molecule has 2 nitrogen and oxygen atoms in total. The molecule has 0 aliphatic carbocycles. The number of hydrogen-bond acceptors (Lipinski definition) is 2. The van der Waals surface area contributed by atoms with Crippen molar-refractivity contribution in [1.29, 1.82) is 0 Å². The molecule has 0 spiro atoms. The van der Waals surface area contributed by atoms with E-state index in [0.717, 1.165) is 0 Å². The normalized spacial score (nSPS) is 10.6. The first-order chi connectivity index (χ1) is 7.99. The fourth-order valence-corrected chi connectivity index (χ4v) is 2.07. The zero-order chi connectivity index (χ0) is 12.6. The topological polar surface area (TPSA) is 33.1 Å². The molecule has 17 heavy (non-hydrogen) atoms. The summed E-state index contributed by atoms with van der Waals surface area (Å²) in [4.78, 5) is 4.24. The van der Waals surface area contributed by atoms with Crippen LogP contribution in [0.5, 0.6) is 5.75 Å². The predicted molar refractivity (Wildman–Crippen MR) is 71.1 cm³/mol. The smallest absolute Gasteiger partial charge is 0.136 e. The number of benzene rings is 1. The number of aryl methyl sites for hydroxylation is 1. The minimum absolute atomic E-state index is 0.143. The van der Waals surface area contributed by atoms with Gasteiger partial charge in [-0.2, -0.15) is 0 Å². The zero-order valence-corrected chi connectivity index (χ0v) is 11.1. The number of aromatic nitrogens is 1. The minimum Gasteiger partial charge on any atom is -0.506 e. The number of pyridine rings is 1. The lowest BCUT2D eigenvalue weighted by molar-refractivity contribution is 0.468. The van der Waals surface area contributed by atoms with Crippen LogP contribution in [-0.4, -0.2) is 10.1 Å². The van der Waals surface area contributed by atoms with Gasteiger partial charge in [0.05, 0.1) is 26.5 Å². The summed E-state index contributed by atoms with van der Waals surface area (Å²) in [5.74, 6) is 0.143. The SMILES string of the molecule is Cc1nc(-c2cc(Cl)c(Cl)cc2Cl)ccc1O. The maximum Gasteiger partial charge on any atom is 0.136 e. The monoisotopic (exact) mass is 287 g/mol. The van der Waals surface area contributed by atoms with Gasteiger partial charge in [0.2, 0.25) is 0 Å². The molecule has 0 unspecified atom stereocenters. The summed E-state index contributed by atoms with van der Waals surface area (Å²) in [7, 11) is 0. The van der Waals surface area contributed by atoms with Crippen molar-refractivity contribution in [3.05, 3.63) is 45.0 Å². The summed E-state index contributed by atoms with van der Waals surface area (Å²) in [6.45, 7) is 1.71. The Labute approximate surface area is 114 Å². The molecule has 2 aromatic rings. The first kappa shape index (κ1) is 12.5. The Balaban J connectivity index is 2.60. The van der Waals surface area contributed by atoms with Crippen LogP contribution in [-0.2, 0) is 0 Å². The van der Waals surface area contributed by atoms with Gasteiger partial charge in [-0.25, -0.2) is 4.98 Å². The Morgan fingerprint density at radius 1 is 1.00 bits per heavy atom. The van der Waals surface area contributed by atoms with Crippen molar-refractivity contribution in [2.45, 2.75) is 6.92 Å². The lowest BCUT2D eigenvalue weighted by Crippen LogP contribution is -1.88. The molecule has 1 heterocycles. The van der Waals surface area contributed by atoms with Crippen molar-refractivity contribution in [2.24, 2.45) is 0 Å². The molecule has 1 aromatic heterocycles. The second kappa shape index (κ2) is 4.73. The molecule has 5 heteroatoms. The Kier molecular flexibility index (Phi) is 3.48. The fraction of sp³-hybridized carbons (Fsp3) is 0.0833. The van der Waals surface area contributed by atoms with E-state index in [1.807, 2.05) is 0 Å². The van der Waals surface area contributed by atoms with E-state index in [4.69, 9.17) is 34.8 Å². The molecule has 0 atom stereocenters. The summed E-state index contributed by atoms with van der Waals surface area (Å²) in [6, 6.07) is 6.47. The van der Waals surface area contributed by atoms with Gasteiger partial charge < -0.3 is 5.11 Å². The van der Waals surface area contributed by atoms with Crippen LogP contribution >= 0.6 is 34.8 Å². The third kappa shape index (κ3) is 2.49. The van der Waals surface area contributed by atoms with Crippen LogP contribution < -0.4 is 0 Å². The molecule has 0 bridgehead atoms. The van der Waals surface area contributed by atoms with Crippen molar-refractivity contribution in [3.63, 3.8) is 0 Å². The fourth-order valence-electron chi connectivity index (χ4n) is 1.42. The molecule has 88 valence electrons. The molecule has 0 saturated heterocycles. The van der Waals surface area contributed by atoms with E-state index < -0.39 is 0 Å². The minimum atomic E-state index is 0.143. The van der Waals surface area contributed by atoms with Gasteiger partial charge in [0.25, 0.3) is 0 Å². The average Bonchev–Trinajstić information content (AvgIpc) is 2.27. The summed E-state index contributed by atoms with van der Waals surface area (Å²) in [5.41, 5.74) is 1.86. The Bertz CT molecular complexity index is 584. The van der Waals surface area contributed by atoms with Crippen molar-refractivity contribution >= 4 is 34.8 Å². The van der Waals surface area contributed by atoms with Gasteiger partial charge in [-0.3, -0.25) is 0 Å². The standard InChI is InChI=1S/C12H8Cl3NO/c1-6-12(17)3-2-11(16-6)7-4-9(14)10(15)5-8(7)13/h2-5,17H,1H3. The van der Waals surface area contributed by atoms with E-state index in [0.29, 0.717) is 32.0 Å². The van der Waals surface area contributed by atoms with Gasteiger partial charge >= 0.3 is 0 Å². The van der Waals surface area contributed by atoms with E-state index in [1.165, 1.54) is 0 Å². The van der Waals surface area contributed by atoms with E-state index in [1.54, 1.807) is 31.2 Å². The number of halogens is 3. The first-order valence-corrected chi connectivity index (χ1v) is 5.94. The third-order valence-corrected chi connectivity index (χ3v) is 3.38. The molecule has 0 aliphatic rings. The van der Waals surface area contributed by atoms with Crippen molar-refractivity contribution in [1.82, 2.24) is 4.98 Å². The molecule has 0 fully saturated rings. The lowest BCUT2D eigenvalue weighted by Gasteiger charge is -2.07. The molecule has 0 aliphatic heterocycles. The van der Waals surface area contributed by atoms with E-state index in [-0.39, 0.29) is 5.75 Å². The second-order valence-electron chi connectivity index (χ2n) is 3.55. The number of rotatable bonds is 1. The molecule has 0 radical (unpaired) electrons. The van der Waals surface area contributed by atoms with Crippen LogP contribution in [0.1, 0.15) is 5.69 Å². The van der Waals surface area contributed by atoms with Crippen molar-refractivity contribution in [2.75, 3.05) is 0 Å². The summed E-state index contributed by atoms with van der Waals surface area (Å²) in [6.07, 6.45) is 0. The quantitative estimate of drug-likeness (QED) is 0.770. The van der Waals surface area contributed by atoms with Gasteiger partial charge in [-0.15, -0.1) is 0 Å². The molecule has 0 saturated carbocycles. The maximum absolute atomic E-state index is 9.42. The Morgan fingerprint density at radius 2 is 1.65 bits per heavy atom. The van der Waals surface area contributed by atoms with Crippen LogP contribution in [0.3, 0.4) is 0 Å². The average molecular weight is 289 g/mol. The lowest BCUT2D eigenvalue weighted by atomic mass is 10.1. The van der Waals surface area contributed by atoms with E-state index in [2.05, 4.69) is 4.98 Å². The number of hydrogen-bond donors (Lipinski definition) is 1. The molecule has 1 aromatic carbocycles. The molecular weight excluding hydrogens is 280 g/mol. The molecule has 2 rings (SSSR count). The highest BCUT2D eigenvalue weighted by molar-refractivity contribution is 6.44. The van der Waals surface area contributed by atoms with Crippen molar-refractivity contribution < 1.29 is 5.11 Å². The molecular formula is C12H8Cl3NO. The van der Waals surface area contributed by atoms with Crippen LogP contribution in [0.4, 0.5) is 0 Å². The molecule has 1 N–H and O–H groups in total. The summed E-state index contributed by atoms with van der Waals surface area (Å²) >= 11 is 17.9. The predicted octanol–water partition coefficient (Wildman–Crippen LogP) is 4.72. The maximum atomic E-state index is 9.42. The summed E-state index contributed by atoms with van der Waals surface area (Å²) in [5, 5.41) is 10.7. The highest BCUT2D eigenvalue weighted by Crippen LogP contribution is 2.35. The second-order valence-corrected chi connectivity index (χ2v) is 4.77. The van der Waals surface area contributed by atoms with E-state index in [9.17, 15) is 5.11 Å². The highest BCUT2D eigenvalue weighted by atomic mass is 35.5. The van der Waals surface area contributed by atoms with Crippen LogP contribution in [0.15, 0.2) is 24.3 Å². The largest absolute Gasteiger partial charge is 0.506 e. The third-order valence-electron chi connectivity index (χ3n) is 2.34. The van der Waals surface area contributed by atoms with Crippen molar-refractivity contribution in [3.8, 4) is 17.0 Å². The van der Waals surface area contributed by atoms with Crippen LogP contribution in [0.25, 0.3) is 11.3 Å². The van der Waals surface area contributed by atoms with Gasteiger partial charge in [-0.05, 0) is 31.2 Å². The van der Waals surface area contributed by atoms with Gasteiger partial charge in [0.15, 0.2) is 0 Å². The van der Waals surface area contributed by atoms with E-state index >= 15 is 0 Å². The first-order valence-electron chi connectivity index (χ1n) is 4.80. The Morgan fingerprint density at radius 3 is 2.29 bits per heavy atom. The zero-order valence-electron chi connectivity index (χ0n) is 8.84. The Hall–Kier alpha value is -0.960.